The Hall–Kier alpha value is -4.04. The summed E-state index contributed by atoms with van der Waals surface area (Å²) in [6.07, 6.45) is 1.74. The molecule has 1 amide bonds. The molecule has 4 aromatic rings. The summed E-state index contributed by atoms with van der Waals surface area (Å²) in [5.41, 5.74) is 10.0. The molecule has 0 radical (unpaired) electrons. The van der Waals surface area contributed by atoms with Gasteiger partial charge in [-0.15, -0.1) is 0 Å². The van der Waals surface area contributed by atoms with Crippen molar-refractivity contribution < 1.29 is 18.3 Å². The van der Waals surface area contributed by atoms with Gasteiger partial charge in [-0.2, -0.15) is 5.10 Å². The number of carbonyl (C=O) groups is 1. The predicted octanol–water partition coefficient (Wildman–Crippen LogP) is 4.50. The zero-order valence-corrected chi connectivity index (χ0v) is 18.2. The summed E-state index contributed by atoms with van der Waals surface area (Å²) in [7, 11) is 0. The highest BCUT2D eigenvalue weighted by Gasteiger charge is 2.36. The average Bonchev–Trinajstić information content (AvgIpc) is 3.43. The minimum absolute atomic E-state index is 0.0447. The lowest BCUT2D eigenvalue weighted by atomic mass is 10.1. The van der Waals surface area contributed by atoms with Crippen molar-refractivity contribution in [1.82, 2.24) is 14.7 Å². The van der Waals surface area contributed by atoms with Gasteiger partial charge in [-0.05, 0) is 72.6 Å². The summed E-state index contributed by atoms with van der Waals surface area (Å²) in [5, 5.41) is 4.68. The molecule has 6 nitrogen and oxygen atoms in total. The van der Waals surface area contributed by atoms with Crippen molar-refractivity contribution in [2.75, 3.05) is 18.9 Å². The van der Waals surface area contributed by atoms with Crippen LogP contribution in [-0.4, -0.2) is 33.7 Å². The Bertz CT molecular complexity index is 1300. The van der Waals surface area contributed by atoms with Gasteiger partial charge in [0.15, 0.2) is 6.23 Å². The minimum atomic E-state index is -0.657. The Labute approximate surface area is 195 Å². The molecule has 0 saturated carbocycles. The molecule has 34 heavy (non-hydrogen) atoms. The maximum absolute atomic E-state index is 13.6. The van der Waals surface area contributed by atoms with Crippen LogP contribution in [0.15, 0.2) is 79.0 Å². The number of halogens is 2. The number of hydrogen-bond donors (Lipinski definition) is 1. The topological polar surface area (TPSA) is 73.4 Å². The number of anilines is 1. The Morgan fingerprint density at radius 3 is 2.26 bits per heavy atom. The fourth-order valence-electron chi connectivity index (χ4n) is 4.01. The molecule has 0 bridgehead atoms. The molecule has 1 atom stereocenters. The van der Waals surface area contributed by atoms with Crippen LogP contribution in [0.4, 0.5) is 14.5 Å². The Morgan fingerprint density at radius 1 is 0.941 bits per heavy atom. The molecule has 2 N–H and O–H groups in total. The number of rotatable bonds is 6. The van der Waals surface area contributed by atoms with E-state index in [1.165, 1.54) is 24.3 Å². The van der Waals surface area contributed by atoms with Gasteiger partial charge in [0.1, 0.15) is 23.9 Å². The zero-order valence-electron chi connectivity index (χ0n) is 18.2. The van der Waals surface area contributed by atoms with E-state index >= 15 is 0 Å². The summed E-state index contributed by atoms with van der Waals surface area (Å²) < 4.78 is 34.5. The van der Waals surface area contributed by atoms with E-state index < -0.39 is 6.23 Å². The molecule has 172 valence electrons. The lowest BCUT2D eigenvalue weighted by molar-refractivity contribution is -0.128. The highest BCUT2D eigenvalue weighted by molar-refractivity contribution is 5.80. The number of benzene rings is 3. The van der Waals surface area contributed by atoms with Gasteiger partial charge in [0.05, 0.1) is 5.69 Å². The van der Waals surface area contributed by atoms with Gasteiger partial charge in [-0.1, -0.05) is 12.1 Å². The van der Waals surface area contributed by atoms with E-state index in [2.05, 4.69) is 5.10 Å². The van der Waals surface area contributed by atoms with E-state index in [-0.39, 0.29) is 24.1 Å². The maximum Gasteiger partial charge on any atom is 0.250 e. The summed E-state index contributed by atoms with van der Waals surface area (Å²) >= 11 is 0. The molecule has 1 fully saturated rings. The quantitative estimate of drug-likeness (QED) is 0.430. The molecule has 1 unspecified atom stereocenters. The van der Waals surface area contributed by atoms with E-state index in [9.17, 15) is 13.6 Å². The summed E-state index contributed by atoms with van der Waals surface area (Å²) in [5.74, 6) is -0.839. The number of nitrogens with two attached hydrogens (primary N) is 1. The molecule has 3 aromatic carbocycles. The Balaban J connectivity index is 1.50. The van der Waals surface area contributed by atoms with Crippen LogP contribution in [0.25, 0.3) is 16.9 Å². The Morgan fingerprint density at radius 2 is 1.59 bits per heavy atom. The molecule has 1 aliphatic heterocycles. The van der Waals surface area contributed by atoms with E-state index in [0.29, 0.717) is 41.2 Å². The molecular formula is C26H22F2N4O2. The first-order valence-electron chi connectivity index (χ1n) is 10.8. The summed E-state index contributed by atoms with van der Waals surface area (Å²) in [6, 6.07) is 19.4. The number of nitrogens with zero attached hydrogens (tertiary/aromatic N) is 3. The highest BCUT2D eigenvalue weighted by Crippen LogP contribution is 2.35. The summed E-state index contributed by atoms with van der Waals surface area (Å²) in [6.45, 7) is 0.398. The average molecular weight is 460 g/mol. The van der Waals surface area contributed by atoms with Crippen LogP contribution in [0, 0.1) is 11.6 Å². The third-order valence-electron chi connectivity index (χ3n) is 5.81. The fourth-order valence-corrected chi connectivity index (χ4v) is 4.01. The molecule has 1 aliphatic rings. The van der Waals surface area contributed by atoms with Crippen molar-refractivity contribution in [3.63, 3.8) is 0 Å². The lowest BCUT2D eigenvalue weighted by Gasteiger charge is -2.23. The molecule has 0 spiro atoms. The molecule has 8 heteroatoms. The van der Waals surface area contributed by atoms with Crippen LogP contribution in [0.5, 0.6) is 0 Å². The third kappa shape index (κ3) is 4.40. The first kappa shape index (κ1) is 21.8. The molecule has 2 heterocycles. The van der Waals surface area contributed by atoms with Crippen molar-refractivity contribution in [3.8, 4) is 16.9 Å². The number of aromatic nitrogens is 2. The van der Waals surface area contributed by atoms with Gasteiger partial charge in [0.2, 0.25) is 0 Å². The smallest absolute Gasteiger partial charge is 0.250 e. The lowest BCUT2D eigenvalue weighted by Crippen LogP contribution is -2.30. The van der Waals surface area contributed by atoms with Crippen LogP contribution in [0.2, 0.25) is 0 Å². The largest absolute Gasteiger partial charge is 0.399 e. The van der Waals surface area contributed by atoms with E-state index in [1.807, 2.05) is 24.3 Å². The number of ether oxygens (including phenoxy) is 1. The van der Waals surface area contributed by atoms with Gasteiger partial charge in [0, 0.05) is 29.6 Å². The Kier molecular flexibility index (Phi) is 5.81. The van der Waals surface area contributed by atoms with Crippen molar-refractivity contribution in [3.05, 3.63) is 102 Å². The van der Waals surface area contributed by atoms with E-state index in [4.69, 9.17) is 10.5 Å². The molecule has 1 saturated heterocycles. The van der Waals surface area contributed by atoms with E-state index in [0.717, 1.165) is 5.56 Å². The zero-order chi connectivity index (χ0) is 23.7. The van der Waals surface area contributed by atoms with Gasteiger partial charge in [0.25, 0.3) is 5.91 Å². The van der Waals surface area contributed by atoms with E-state index in [1.54, 1.807) is 40.0 Å². The van der Waals surface area contributed by atoms with Crippen LogP contribution in [-0.2, 0) is 16.0 Å². The van der Waals surface area contributed by atoms with Gasteiger partial charge in [-0.3, -0.25) is 4.79 Å². The number of carbonyl (C=O) groups excluding carboxylic acids is 1. The summed E-state index contributed by atoms with van der Waals surface area (Å²) in [4.78, 5) is 14.4. The number of hydrogen-bond acceptors (Lipinski definition) is 4. The predicted molar refractivity (Wildman–Crippen MR) is 124 cm³/mol. The SMILES string of the molecule is Nc1ccc(CCN2C(=O)COC2c2cn(-c3ccc(F)cc3)nc2-c2ccc(F)cc2)cc1. The van der Waals surface area contributed by atoms with Crippen LogP contribution >= 0.6 is 0 Å². The van der Waals surface area contributed by atoms with Crippen LogP contribution in [0.1, 0.15) is 17.4 Å². The standard InChI is InChI=1S/C26H22F2N4O2/c27-19-5-3-18(4-6-19)25-23(15-32(30-25)22-11-7-20(28)8-12-22)26-31(24(33)16-34-26)14-13-17-1-9-21(29)10-2-17/h1-12,15,26H,13-14,16,29H2. The molecule has 1 aromatic heterocycles. The third-order valence-corrected chi connectivity index (χ3v) is 5.81. The first-order chi connectivity index (χ1) is 16.5. The first-order valence-corrected chi connectivity index (χ1v) is 10.8. The minimum Gasteiger partial charge on any atom is -0.399 e. The number of nitrogen functional groups attached to an aromatic ring is 1. The molecular weight excluding hydrogens is 438 g/mol. The normalized spacial score (nSPS) is 15.8. The van der Waals surface area contributed by atoms with Crippen LogP contribution < -0.4 is 5.73 Å². The second-order valence-corrected chi connectivity index (χ2v) is 8.10. The monoisotopic (exact) mass is 460 g/mol. The van der Waals surface area contributed by atoms with Crippen molar-refractivity contribution in [2.45, 2.75) is 12.6 Å². The van der Waals surface area contributed by atoms with Crippen molar-refractivity contribution >= 4 is 11.6 Å². The second-order valence-electron chi connectivity index (χ2n) is 8.10. The number of amides is 1. The van der Waals surface area contributed by atoms with Crippen LogP contribution in [0.3, 0.4) is 0 Å². The van der Waals surface area contributed by atoms with Crippen molar-refractivity contribution in [2.24, 2.45) is 0 Å². The van der Waals surface area contributed by atoms with Gasteiger partial charge < -0.3 is 15.4 Å². The van der Waals surface area contributed by atoms with Gasteiger partial charge in [-0.25, -0.2) is 13.5 Å². The molecule has 0 aliphatic carbocycles. The second kappa shape index (κ2) is 9.07. The fraction of sp³-hybridized carbons (Fsp3) is 0.154. The van der Waals surface area contributed by atoms with Gasteiger partial charge >= 0.3 is 0 Å². The maximum atomic E-state index is 13.6. The molecule has 5 rings (SSSR count). The van der Waals surface area contributed by atoms with Crippen molar-refractivity contribution in [1.29, 1.82) is 0 Å². The highest BCUT2D eigenvalue weighted by atomic mass is 19.1.